The number of rotatable bonds is 2. The molecule has 2 nitrogen and oxygen atoms in total. The molecule has 1 aromatic heterocycles. The van der Waals surface area contributed by atoms with E-state index in [1.807, 2.05) is 36.4 Å². The maximum atomic E-state index is 12.9. The minimum absolute atomic E-state index is 0.0413. The van der Waals surface area contributed by atoms with Crippen LogP contribution in [0.2, 0.25) is 0 Å². The molecule has 0 radical (unpaired) electrons. The maximum absolute atomic E-state index is 12.9. The van der Waals surface area contributed by atoms with E-state index in [1.54, 1.807) is 0 Å². The van der Waals surface area contributed by atoms with Gasteiger partial charge in [-0.05, 0) is 29.0 Å². The lowest BCUT2D eigenvalue weighted by Gasteiger charge is -2.31. The molecule has 0 saturated heterocycles. The molecule has 25 heavy (non-hydrogen) atoms. The lowest BCUT2D eigenvalue weighted by molar-refractivity contribution is 0.0911. The van der Waals surface area contributed by atoms with Gasteiger partial charge in [-0.3, -0.25) is 9.78 Å². The van der Waals surface area contributed by atoms with Crippen molar-refractivity contribution in [1.29, 1.82) is 0 Å². The van der Waals surface area contributed by atoms with Crippen LogP contribution in [-0.2, 0) is 6.42 Å². The molecule has 4 rings (SSSR count). The van der Waals surface area contributed by atoms with Crippen LogP contribution >= 0.6 is 0 Å². The highest BCUT2D eigenvalue weighted by molar-refractivity contribution is 6.05. The van der Waals surface area contributed by atoms with Gasteiger partial charge in [-0.1, -0.05) is 74.5 Å². The summed E-state index contributed by atoms with van der Waals surface area (Å²) in [5.41, 5.74) is 5.80. The van der Waals surface area contributed by atoms with Crippen molar-refractivity contribution in [3.63, 3.8) is 0 Å². The maximum Gasteiger partial charge on any atom is 0.165 e. The molecule has 0 saturated carbocycles. The van der Waals surface area contributed by atoms with Crippen LogP contribution < -0.4 is 0 Å². The third-order valence-electron chi connectivity index (χ3n) is 4.81. The van der Waals surface area contributed by atoms with Crippen molar-refractivity contribution in [3.8, 4) is 22.4 Å². The number of carbonyl (C=O) groups excluding carboxylic acids is 1. The Kier molecular flexibility index (Phi) is 3.76. The fourth-order valence-corrected chi connectivity index (χ4v) is 3.68. The number of fused-ring (bicyclic) bond motifs is 1. The Balaban J connectivity index is 1.98. The van der Waals surface area contributed by atoms with Crippen LogP contribution in [0.4, 0.5) is 0 Å². The van der Waals surface area contributed by atoms with Gasteiger partial charge in [0.05, 0.1) is 11.4 Å². The van der Waals surface area contributed by atoms with Crippen LogP contribution in [0.3, 0.4) is 0 Å². The average Bonchev–Trinajstić information content (AvgIpc) is 2.61. The Morgan fingerprint density at radius 2 is 1.44 bits per heavy atom. The van der Waals surface area contributed by atoms with E-state index >= 15 is 0 Å². The van der Waals surface area contributed by atoms with Crippen LogP contribution in [0.1, 0.15) is 36.3 Å². The third kappa shape index (κ3) is 3.00. The summed E-state index contributed by atoms with van der Waals surface area (Å²) < 4.78 is 0. The summed E-state index contributed by atoms with van der Waals surface area (Å²) in [5, 5.41) is 0. The molecule has 0 spiro atoms. The summed E-state index contributed by atoms with van der Waals surface area (Å²) in [7, 11) is 0. The predicted molar refractivity (Wildman–Crippen MR) is 102 cm³/mol. The standard InChI is InChI=1S/C23H21NO/c1-23(2)14-20-22(21(25)15-23)18(16-9-5-3-6-10-16)13-19(24-20)17-11-7-4-8-12-17/h3-13H,14-15H2,1-2H3. The van der Waals surface area contributed by atoms with Crippen molar-refractivity contribution < 1.29 is 4.79 Å². The summed E-state index contributed by atoms with van der Waals surface area (Å²) in [6.07, 6.45) is 1.40. The smallest absolute Gasteiger partial charge is 0.165 e. The molecule has 0 bridgehead atoms. The molecule has 124 valence electrons. The number of aromatic nitrogens is 1. The minimum Gasteiger partial charge on any atom is -0.294 e. The molecule has 2 heteroatoms. The SMILES string of the molecule is CC1(C)CC(=O)c2c(-c3ccccc3)cc(-c3ccccc3)nc2C1. The van der Waals surface area contributed by atoms with E-state index in [0.29, 0.717) is 6.42 Å². The topological polar surface area (TPSA) is 30.0 Å². The Labute approximate surface area is 148 Å². The Bertz CT molecular complexity index is 927. The molecule has 0 amide bonds. The number of hydrogen-bond acceptors (Lipinski definition) is 2. The molecular weight excluding hydrogens is 306 g/mol. The van der Waals surface area contributed by atoms with Gasteiger partial charge in [0, 0.05) is 17.5 Å². The number of pyridine rings is 1. The van der Waals surface area contributed by atoms with Crippen LogP contribution in [0.5, 0.6) is 0 Å². The quantitative estimate of drug-likeness (QED) is 0.616. The molecule has 0 N–H and O–H groups in total. The van der Waals surface area contributed by atoms with E-state index in [4.69, 9.17) is 4.98 Å². The highest BCUT2D eigenvalue weighted by Crippen LogP contribution is 2.39. The summed E-state index contributed by atoms with van der Waals surface area (Å²) >= 11 is 0. The van der Waals surface area contributed by atoms with Gasteiger partial charge in [-0.15, -0.1) is 0 Å². The number of benzene rings is 2. The zero-order chi connectivity index (χ0) is 17.4. The monoisotopic (exact) mass is 327 g/mol. The van der Waals surface area contributed by atoms with Crippen molar-refractivity contribution in [1.82, 2.24) is 4.98 Å². The summed E-state index contributed by atoms with van der Waals surface area (Å²) in [5.74, 6) is 0.206. The number of nitrogens with zero attached hydrogens (tertiary/aromatic N) is 1. The van der Waals surface area contributed by atoms with Crippen LogP contribution in [-0.4, -0.2) is 10.8 Å². The lowest BCUT2D eigenvalue weighted by Crippen LogP contribution is -2.28. The Morgan fingerprint density at radius 3 is 2.08 bits per heavy atom. The molecule has 0 unspecified atom stereocenters. The largest absolute Gasteiger partial charge is 0.294 e. The summed E-state index contributed by atoms with van der Waals surface area (Å²) in [4.78, 5) is 17.8. The first kappa shape index (κ1) is 15.8. The van der Waals surface area contributed by atoms with Crippen molar-refractivity contribution in [2.45, 2.75) is 26.7 Å². The van der Waals surface area contributed by atoms with Crippen molar-refractivity contribution in [2.24, 2.45) is 5.41 Å². The first-order valence-electron chi connectivity index (χ1n) is 8.71. The summed E-state index contributed by atoms with van der Waals surface area (Å²) in [6, 6.07) is 22.4. The number of hydrogen-bond donors (Lipinski definition) is 0. The summed E-state index contributed by atoms with van der Waals surface area (Å²) in [6.45, 7) is 4.29. The number of carbonyl (C=O) groups is 1. The van der Waals surface area contributed by atoms with Gasteiger partial charge in [-0.25, -0.2) is 0 Å². The Morgan fingerprint density at radius 1 is 0.840 bits per heavy atom. The number of ketones is 1. The van der Waals surface area contributed by atoms with E-state index in [9.17, 15) is 4.79 Å². The predicted octanol–water partition coefficient (Wildman–Crippen LogP) is 5.57. The lowest BCUT2D eigenvalue weighted by atomic mass is 9.74. The van der Waals surface area contributed by atoms with Gasteiger partial charge in [0.1, 0.15) is 0 Å². The molecular formula is C23H21NO. The minimum atomic E-state index is -0.0413. The zero-order valence-electron chi connectivity index (χ0n) is 14.6. The fraction of sp³-hybridized carbons (Fsp3) is 0.217. The van der Waals surface area contributed by atoms with Crippen LogP contribution in [0.15, 0.2) is 66.7 Å². The molecule has 0 aliphatic heterocycles. The fourth-order valence-electron chi connectivity index (χ4n) is 3.68. The van der Waals surface area contributed by atoms with Gasteiger partial charge in [-0.2, -0.15) is 0 Å². The van der Waals surface area contributed by atoms with Crippen LogP contribution in [0, 0.1) is 5.41 Å². The van der Waals surface area contributed by atoms with Crippen molar-refractivity contribution >= 4 is 5.78 Å². The van der Waals surface area contributed by atoms with Crippen molar-refractivity contribution in [2.75, 3.05) is 0 Å². The van der Waals surface area contributed by atoms with E-state index in [0.717, 1.165) is 40.1 Å². The second kappa shape index (κ2) is 5.96. The van der Waals surface area contributed by atoms with Gasteiger partial charge < -0.3 is 0 Å². The van der Waals surface area contributed by atoms with Gasteiger partial charge >= 0.3 is 0 Å². The zero-order valence-corrected chi connectivity index (χ0v) is 14.6. The Hall–Kier alpha value is -2.74. The van der Waals surface area contributed by atoms with E-state index in [1.165, 1.54) is 0 Å². The molecule has 3 aromatic rings. The van der Waals surface area contributed by atoms with Gasteiger partial charge in [0.15, 0.2) is 5.78 Å². The van der Waals surface area contributed by atoms with E-state index in [-0.39, 0.29) is 11.2 Å². The molecule has 2 aromatic carbocycles. The van der Waals surface area contributed by atoms with Gasteiger partial charge in [0.25, 0.3) is 0 Å². The molecule has 0 atom stereocenters. The highest BCUT2D eigenvalue weighted by Gasteiger charge is 2.34. The second-order valence-electron chi connectivity index (χ2n) is 7.55. The van der Waals surface area contributed by atoms with Crippen molar-refractivity contribution in [3.05, 3.63) is 78.0 Å². The first-order chi connectivity index (χ1) is 12.0. The molecule has 0 fully saturated rings. The van der Waals surface area contributed by atoms with Gasteiger partial charge in [0.2, 0.25) is 0 Å². The average molecular weight is 327 g/mol. The highest BCUT2D eigenvalue weighted by atomic mass is 16.1. The number of Topliss-reactive ketones (excluding diaryl/α,β-unsaturated/α-hetero) is 1. The third-order valence-corrected chi connectivity index (χ3v) is 4.81. The van der Waals surface area contributed by atoms with E-state index < -0.39 is 0 Å². The normalized spacial score (nSPS) is 15.7. The molecule has 1 heterocycles. The van der Waals surface area contributed by atoms with Crippen LogP contribution in [0.25, 0.3) is 22.4 Å². The molecule has 1 aliphatic rings. The van der Waals surface area contributed by atoms with E-state index in [2.05, 4.69) is 44.2 Å². The second-order valence-corrected chi connectivity index (χ2v) is 7.55. The first-order valence-corrected chi connectivity index (χ1v) is 8.71. The molecule has 1 aliphatic carbocycles.